The molecule has 1 fully saturated rings. The van der Waals surface area contributed by atoms with Crippen molar-refractivity contribution in [3.05, 3.63) is 59.7 Å². The standard InChI is InChI=1S/C21H28N2O2/c1-16-5-3-4-6-20(16)21(24)15-22-17-11-13-23(14-12-17)18-7-9-19(25-2)10-8-18/h3-10,17,21-22,24H,11-15H2,1-2H3. The van der Waals surface area contributed by atoms with Gasteiger partial charge < -0.3 is 20.1 Å². The van der Waals surface area contributed by atoms with E-state index in [4.69, 9.17) is 4.74 Å². The molecule has 0 saturated carbocycles. The van der Waals surface area contributed by atoms with E-state index in [2.05, 4.69) is 22.3 Å². The average molecular weight is 340 g/mol. The number of nitrogens with zero attached hydrogens (tertiary/aromatic N) is 1. The molecule has 4 heteroatoms. The van der Waals surface area contributed by atoms with Crippen LogP contribution in [0.5, 0.6) is 5.75 Å². The maximum Gasteiger partial charge on any atom is 0.119 e. The van der Waals surface area contributed by atoms with Gasteiger partial charge in [0, 0.05) is 31.4 Å². The summed E-state index contributed by atoms with van der Waals surface area (Å²) >= 11 is 0. The zero-order valence-corrected chi connectivity index (χ0v) is 15.1. The quantitative estimate of drug-likeness (QED) is 0.847. The number of aryl methyl sites for hydroxylation is 1. The van der Waals surface area contributed by atoms with E-state index in [-0.39, 0.29) is 0 Å². The second-order valence-corrected chi connectivity index (χ2v) is 6.74. The molecule has 2 aromatic carbocycles. The summed E-state index contributed by atoms with van der Waals surface area (Å²) in [5.74, 6) is 0.894. The lowest BCUT2D eigenvalue weighted by atomic mass is 10.0. The molecule has 3 rings (SSSR count). The molecule has 1 heterocycles. The van der Waals surface area contributed by atoms with Crippen LogP contribution in [0.25, 0.3) is 0 Å². The van der Waals surface area contributed by atoms with Crippen molar-refractivity contribution in [2.24, 2.45) is 0 Å². The van der Waals surface area contributed by atoms with Gasteiger partial charge in [0.15, 0.2) is 0 Å². The number of methoxy groups -OCH3 is 1. The van der Waals surface area contributed by atoms with Crippen LogP contribution >= 0.6 is 0 Å². The Hall–Kier alpha value is -2.04. The summed E-state index contributed by atoms with van der Waals surface area (Å²) in [6.07, 6.45) is 1.74. The van der Waals surface area contributed by atoms with Gasteiger partial charge in [-0.3, -0.25) is 0 Å². The van der Waals surface area contributed by atoms with Crippen LogP contribution in [-0.2, 0) is 0 Å². The molecule has 0 spiro atoms. The lowest BCUT2D eigenvalue weighted by Crippen LogP contribution is -2.43. The largest absolute Gasteiger partial charge is 0.497 e. The van der Waals surface area contributed by atoms with Crippen LogP contribution in [0.2, 0.25) is 0 Å². The van der Waals surface area contributed by atoms with E-state index < -0.39 is 6.10 Å². The fourth-order valence-corrected chi connectivity index (χ4v) is 3.48. The topological polar surface area (TPSA) is 44.7 Å². The first-order chi connectivity index (χ1) is 12.2. The number of anilines is 1. The van der Waals surface area contributed by atoms with Gasteiger partial charge in [0.05, 0.1) is 13.2 Å². The van der Waals surface area contributed by atoms with Gasteiger partial charge in [-0.25, -0.2) is 0 Å². The molecule has 2 aromatic rings. The maximum atomic E-state index is 10.4. The SMILES string of the molecule is COc1ccc(N2CCC(NCC(O)c3ccccc3C)CC2)cc1. The number of aliphatic hydroxyl groups excluding tert-OH is 1. The highest BCUT2D eigenvalue weighted by Gasteiger charge is 2.20. The first-order valence-corrected chi connectivity index (χ1v) is 9.03. The Morgan fingerprint density at radius 2 is 1.80 bits per heavy atom. The van der Waals surface area contributed by atoms with Gasteiger partial charge in [-0.1, -0.05) is 24.3 Å². The zero-order chi connectivity index (χ0) is 17.6. The minimum atomic E-state index is -0.444. The molecule has 0 radical (unpaired) electrons. The molecule has 134 valence electrons. The van der Waals surface area contributed by atoms with Crippen LogP contribution in [0.1, 0.15) is 30.1 Å². The van der Waals surface area contributed by atoms with E-state index in [1.54, 1.807) is 7.11 Å². The van der Waals surface area contributed by atoms with Crippen molar-refractivity contribution in [3.63, 3.8) is 0 Å². The number of hydrogen-bond acceptors (Lipinski definition) is 4. The molecule has 4 nitrogen and oxygen atoms in total. The molecular weight excluding hydrogens is 312 g/mol. The van der Waals surface area contributed by atoms with Gasteiger partial charge >= 0.3 is 0 Å². The van der Waals surface area contributed by atoms with Gasteiger partial charge in [0.1, 0.15) is 5.75 Å². The predicted octanol–water partition coefficient (Wildman–Crippen LogP) is 3.30. The third kappa shape index (κ3) is 4.53. The van der Waals surface area contributed by atoms with Gasteiger partial charge in [0.25, 0.3) is 0 Å². The van der Waals surface area contributed by atoms with Crippen molar-refractivity contribution in [3.8, 4) is 5.75 Å². The van der Waals surface area contributed by atoms with Gasteiger partial charge in [-0.2, -0.15) is 0 Å². The zero-order valence-electron chi connectivity index (χ0n) is 15.1. The lowest BCUT2D eigenvalue weighted by Gasteiger charge is -2.34. The molecule has 2 N–H and O–H groups in total. The van der Waals surface area contributed by atoms with E-state index in [9.17, 15) is 5.11 Å². The Labute approximate surface area is 150 Å². The summed E-state index contributed by atoms with van der Waals surface area (Å²) < 4.78 is 5.22. The summed E-state index contributed by atoms with van der Waals surface area (Å²) in [4.78, 5) is 2.41. The number of ether oxygens (including phenoxy) is 1. The Morgan fingerprint density at radius 3 is 2.44 bits per heavy atom. The molecule has 25 heavy (non-hydrogen) atoms. The number of hydrogen-bond donors (Lipinski definition) is 2. The molecule has 0 aliphatic carbocycles. The number of benzene rings is 2. The molecule has 1 aliphatic heterocycles. The second-order valence-electron chi connectivity index (χ2n) is 6.74. The summed E-state index contributed by atoms with van der Waals surface area (Å²) in [6, 6.07) is 16.8. The van der Waals surface area contributed by atoms with Gasteiger partial charge in [-0.15, -0.1) is 0 Å². The van der Waals surface area contributed by atoms with Crippen LogP contribution in [0.4, 0.5) is 5.69 Å². The highest BCUT2D eigenvalue weighted by Crippen LogP contribution is 2.23. The fraction of sp³-hybridized carbons (Fsp3) is 0.429. The highest BCUT2D eigenvalue weighted by molar-refractivity contribution is 5.49. The van der Waals surface area contributed by atoms with E-state index >= 15 is 0 Å². The van der Waals surface area contributed by atoms with Crippen LogP contribution in [0.15, 0.2) is 48.5 Å². The van der Waals surface area contributed by atoms with E-state index in [0.29, 0.717) is 12.6 Å². The summed E-state index contributed by atoms with van der Waals surface area (Å²) in [7, 11) is 1.69. The Kier molecular flexibility index (Phi) is 5.95. The third-order valence-corrected chi connectivity index (χ3v) is 5.08. The van der Waals surface area contributed by atoms with E-state index in [1.807, 2.05) is 43.3 Å². The van der Waals surface area contributed by atoms with Crippen molar-refractivity contribution in [2.75, 3.05) is 31.6 Å². The molecule has 1 aliphatic rings. The first kappa shape index (κ1) is 17.8. The Balaban J connectivity index is 1.47. The van der Waals surface area contributed by atoms with Crippen LogP contribution in [0, 0.1) is 6.92 Å². The van der Waals surface area contributed by atoms with Crippen LogP contribution in [0.3, 0.4) is 0 Å². The van der Waals surface area contributed by atoms with Crippen LogP contribution in [-0.4, -0.2) is 37.9 Å². The molecule has 1 saturated heterocycles. The van der Waals surface area contributed by atoms with Crippen molar-refractivity contribution >= 4 is 5.69 Å². The fourth-order valence-electron chi connectivity index (χ4n) is 3.48. The molecule has 1 atom stereocenters. The van der Waals surface area contributed by atoms with Crippen molar-refractivity contribution in [1.29, 1.82) is 0 Å². The predicted molar refractivity (Wildman–Crippen MR) is 102 cm³/mol. The van der Waals surface area contributed by atoms with Gasteiger partial charge in [0.2, 0.25) is 0 Å². The number of rotatable bonds is 6. The second kappa shape index (κ2) is 8.37. The number of nitrogens with one attached hydrogen (secondary N) is 1. The van der Waals surface area contributed by atoms with Crippen molar-refractivity contribution in [1.82, 2.24) is 5.32 Å². The smallest absolute Gasteiger partial charge is 0.119 e. The lowest BCUT2D eigenvalue weighted by molar-refractivity contribution is 0.166. The molecule has 1 unspecified atom stereocenters. The third-order valence-electron chi connectivity index (χ3n) is 5.08. The van der Waals surface area contributed by atoms with Crippen molar-refractivity contribution in [2.45, 2.75) is 31.9 Å². The monoisotopic (exact) mass is 340 g/mol. The Morgan fingerprint density at radius 1 is 1.12 bits per heavy atom. The highest BCUT2D eigenvalue weighted by atomic mass is 16.5. The maximum absolute atomic E-state index is 10.4. The van der Waals surface area contributed by atoms with Crippen LogP contribution < -0.4 is 15.0 Å². The summed E-state index contributed by atoms with van der Waals surface area (Å²) in [6.45, 7) is 4.72. The van der Waals surface area contributed by atoms with E-state index in [0.717, 1.165) is 42.8 Å². The number of aliphatic hydroxyl groups is 1. The normalized spacial score (nSPS) is 16.7. The summed E-state index contributed by atoms with van der Waals surface area (Å²) in [5.41, 5.74) is 3.41. The van der Waals surface area contributed by atoms with Gasteiger partial charge in [-0.05, 0) is 55.2 Å². The minimum absolute atomic E-state index is 0.444. The minimum Gasteiger partial charge on any atom is -0.497 e. The number of piperidine rings is 1. The molecule has 0 aromatic heterocycles. The average Bonchev–Trinajstić information content (AvgIpc) is 2.67. The first-order valence-electron chi connectivity index (χ1n) is 9.03. The molecule has 0 bridgehead atoms. The Bertz CT molecular complexity index is 664. The summed E-state index contributed by atoms with van der Waals surface area (Å²) in [5, 5.41) is 14.0. The molecular formula is C21H28N2O2. The van der Waals surface area contributed by atoms with E-state index in [1.165, 1.54) is 5.69 Å². The van der Waals surface area contributed by atoms with Crippen molar-refractivity contribution < 1.29 is 9.84 Å². The molecule has 0 amide bonds.